The Bertz CT molecular complexity index is 626. The van der Waals surface area contributed by atoms with Crippen LogP contribution in [0.1, 0.15) is 38.3 Å². The first-order valence-corrected chi connectivity index (χ1v) is 9.03. The van der Waals surface area contributed by atoms with Crippen molar-refractivity contribution in [1.82, 2.24) is 9.62 Å². The highest BCUT2D eigenvalue weighted by Gasteiger charge is 2.27. The smallest absolute Gasteiger partial charge is 0.243 e. The molecule has 6 heteroatoms. The van der Waals surface area contributed by atoms with Crippen LogP contribution in [-0.2, 0) is 14.8 Å². The van der Waals surface area contributed by atoms with Crippen molar-refractivity contribution < 1.29 is 13.2 Å². The fourth-order valence-electron chi connectivity index (χ4n) is 2.07. The maximum Gasteiger partial charge on any atom is 0.243 e. The van der Waals surface area contributed by atoms with Crippen molar-refractivity contribution >= 4 is 15.9 Å². The zero-order valence-electron chi connectivity index (χ0n) is 14.0. The van der Waals surface area contributed by atoms with Crippen molar-refractivity contribution in [2.75, 3.05) is 13.1 Å². The Morgan fingerprint density at radius 2 is 1.91 bits per heavy atom. The zero-order chi connectivity index (χ0) is 16.9. The molecular formula is C16H26N2O3S. The predicted molar refractivity (Wildman–Crippen MR) is 88.2 cm³/mol. The molecule has 1 atom stereocenters. The molecule has 0 aliphatic rings. The van der Waals surface area contributed by atoms with Gasteiger partial charge in [-0.05, 0) is 44.4 Å². The van der Waals surface area contributed by atoms with Gasteiger partial charge in [-0.25, -0.2) is 8.42 Å². The molecule has 1 N–H and O–H groups in total. The summed E-state index contributed by atoms with van der Waals surface area (Å²) in [5.41, 5.74) is 1.57. The van der Waals surface area contributed by atoms with Crippen molar-refractivity contribution in [1.29, 1.82) is 0 Å². The Balaban J connectivity index is 3.02. The number of carbonyl (C=O) groups is 1. The summed E-state index contributed by atoms with van der Waals surface area (Å²) in [6.07, 6.45) is 0.807. The molecule has 0 saturated heterocycles. The van der Waals surface area contributed by atoms with Crippen molar-refractivity contribution in [2.45, 2.75) is 52.0 Å². The molecule has 0 aliphatic carbocycles. The minimum atomic E-state index is -3.67. The van der Waals surface area contributed by atoms with Gasteiger partial charge in [0.15, 0.2) is 0 Å². The third-order valence-electron chi connectivity index (χ3n) is 3.65. The highest BCUT2D eigenvalue weighted by molar-refractivity contribution is 7.89. The molecular weight excluding hydrogens is 300 g/mol. The molecule has 0 fully saturated rings. The molecule has 0 saturated carbocycles. The molecule has 0 bridgehead atoms. The van der Waals surface area contributed by atoms with E-state index >= 15 is 0 Å². The highest BCUT2D eigenvalue weighted by Crippen LogP contribution is 2.21. The van der Waals surface area contributed by atoms with E-state index in [2.05, 4.69) is 5.32 Å². The number of carbonyl (C=O) groups excluding carboxylic acids is 1. The number of hydrogen-bond donors (Lipinski definition) is 1. The zero-order valence-corrected chi connectivity index (χ0v) is 14.8. The summed E-state index contributed by atoms with van der Waals surface area (Å²) in [5, 5.41) is 2.80. The molecule has 22 heavy (non-hydrogen) atoms. The molecule has 1 aromatic rings. The second-order valence-corrected chi connectivity index (χ2v) is 7.48. The maximum absolute atomic E-state index is 12.8. The number of likely N-dealkylation sites (N-methyl/N-ethyl adjacent to an activating group) is 1. The van der Waals surface area contributed by atoms with E-state index in [1.54, 1.807) is 26.0 Å². The Kier molecular flexibility index (Phi) is 6.56. The van der Waals surface area contributed by atoms with E-state index in [0.29, 0.717) is 5.56 Å². The molecule has 0 aliphatic heterocycles. The van der Waals surface area contributed by atoms with E-state index in [-0.39, 0.29) is 29.9 Å². The molecule has 124 valence electrons. The van der Waals surface area contributed by atoms with Crippen molar-refractivity contribution in [3.05, 3.63) is 29.3 Å². The van der Waals surface area contributed by atoms with Gasteiger partial charge in [0.1, 0.15) is 0 Å². The molecule has 1 aromatic carbocycles. The first-order valence-electron chi connectivity index (χ1n) is 7.59. The average Bonchev–Trinajstić information content (AvgIpc) is 2.46. The standard InChI is InChI=1S/C16H26N2O3S/c1-6-14(5)17-16(19)11-18(7-2)22(20,21)15-10-12(3)8-9-13(15)4/h8-10,14H,6-7,11H2,1-5H3,(H,17,19)/t14-/m1/s1. The van der Waals surface area contributed by atoms with Crippen LogP contribution in [0.25, 0.3) is 0 Å². The normalized spacial score (nSPS) is 13.2. The van der Waals surface area contributed by atoms with Crippen LogP contribution in [0.2, 0.25) is 0 Å². The molecule has 0 aromatic heterocycles. The van der Waals surface area contributed by atoms with Crippen LogP contribution < -0.4 is 5.32 Å². The van der Waals surface area contributed by atoms with Gasteiger partial charge in [0.05, 0.1) is 11.4 Å². The molecule has 0 spiro atoms. The second kappa shape index (κ2) is 7.74. The summed E-state index contributed by atoms with van der Waals surface area (Å²) >= 11 is 0. The van der Waals surface area contributed by atoms with Crippen LogP contribution in [-0.4, -0.2) is 37.8 Å². The van der Waals surface area contributed by atoms with E-state index in [4.69, 9.17) is 0 Å². The SMILES string of the molecule is CC[C@@H](C)NC(=O)CN(CC)S(=O)(=O)c1cc(C)ccc1C. The van der Waals surface area contributed by atoms with Crippen LogP contribution >= 0.6 is 0 Å². The third-order valence-corrected chi connectivity index (χ3v) is 5.72. The van der Waals surface area contributed by atoms with Gasteiger partial charge in [0.25, 0.3) is 0 Å². The van der Waals surface area contributed by atoms with Crippen molar-refractivity contribution in [2.24, 2.45) is 0 Å². The minimum Gasteiger partial charge on any atom is -0.353 e. The van der Waals surface area contributed by atoms with Gasteiger partial charge in [-0.1, -0.05) is 26.0 Å². The summed E-state index contributed by atoms with van der Waals surface area (Å²) in [7, 11) is -3.67. The first kappa shape index (κ1) is 18.6. The first-order chi connectivity index (χ1) is 10.2. The lowest BCUT2D eigenvalue weighted by molar-refractivity contribution is -0.121. The molecule has 1 amide bonds. The van der Waals surface area contributed by atoms with E-state index in [9.17, 15) is 13.2 Å². The summed E-state index contributed by atoms with van der Waals surface area (Å²) in [6, 6.07) is 5.35. The van der Waals surface area contributed by atoms with E-state index in [0.717, 1.165) is 12.0 Å². The number of amides is 1. The Morgan fingerprint density at radius 1 is 1.27 bits per heavy atom. The summed E-state index contributed by atoms with van der Waals surface area (Å²) < 4.78 is 26.8. The van der Waals surface area contributed by atoms with Crippen LogP contribution in [0.5, 0.6) is 0 Å². The number of sulfonamides is 1. The number of aryl methyl sites for hydroxylation is 2. The van der Waals surface area contributed by atoms with E-state index in [1.165, 1.54) is 4.31 Å². The molecule has 5 nitrogen and oxygen atoms in total. The maximum atomic E-state index is 12.8. The highest BCUT2D eigenvalue weighted by atomic mass is 32.2. The molecule has 1 rings (SSSR count). The van der Waals surface area contributed by atoms with Gasteiger partial charge < -0.3 is 5.32 Å². The van der Waals surface area contributed by atoms with Crippen LogP contribution in [0, 0.1) is 13.8 Å². The third kappa shape index (κ3) is 4.55. The number of nitrogens with one attached hydrogen (secondary N) is 1. The van der Waals surface area contributed by atoms with E-state index in [1.807, 2.05) is 26.8 Å². The largest absolute Gasteiger partial charge is 0.353 e. The van der Waals surface area contributed by atoms with Gasteiger partial charge in [-0.15, -0.1) is 0 Å². The Morgan fingerprint density at radius 3 is 2.45 bits per heavy atom. The second-order valence-electron chi connectivity index (χ2n) is 5.58. The quantitative estimate of drug-likeness (QED) is 0.835. The average molecular weight is 326 g/mol. The number of nitrogens with zero attached hydrogens (tertiary/aromatic N) is 1. The fourth-order valence-corrected chi connectivity index (χ4v) is 3.79. The fraction of sp³-hybridized carbons (Fsp3) is 0.562. The van der Waals surface area contributed by atoms with Crippen molar-refractivity contribution in [3.63, 3.8) is 0 Å². The molecule has 0 unspecified atom stereocenters. The molecule has 0 radical (unpaired) electrons. The summed E-state index contributed by atoms with van der Waals surface area (Å²) in [5.74, 6) is -0.273. The van der Waals surface area contributed by atoms with E-state index < -0.39 is 10.0 Å². The van der Waals surface area contributed by atoms with Gasteiger partial charge in [0, 0.05) is 12.6 Å². The number of benzene rings is 1. The monoisotopic (exact) mass is 326 g/mol. The predicted octanol–water partition coefficient (Wildman–Crippen LogP) is 2.23. The lowest BCUT2D eigenvalue weighted by atomic mass is 10.2. The van der Waals surface area contributed by atoms with Crippen LogP contribution in [0.15, 0.2) is 23.1 Å². The number of rotatable bonds is 7. The summed E-state index contributed by atoms with van der Waals surface area (Å²) in [4.78, 5) is 12.3. The Hall–Kier alpha value is -1.40. The summed E-state index contributed by atoms with van der Waals surface area (Å²) in [6.45, 7) is 9.31. The lowest BCUT2D eigenvalue weighted by Crippen LogP contribution is -2.43. The van der Waals surface area contributed by atoms with Gasteiger partial charge in [-0.2, -0.15) is 4.31 Å². The van der Waals surface area contributed by atoms with Gasteiger partial charge in [-0.3, -0.25) is 4.79 Å². The topological polar surface area (TPSA) is 66.5 Å². The number of hydrogen-bond acceptors (Lipinski definition) is 3. The van der Waals surface area contributed by atoms with Crippen molar-refractivity contribution in [3.8, 4) is 0 Å². The van der Waals surface area contributed by atoms with Gasteiger partial charge >= 0.3 is 0 Å². The lowest BCUT2D eigenvalue weighted by Gasteiger charge is -2.22. The Labute approximate surface area is 133 Å². The van der Waals surface area contributed by atoms with Gasteiger partial charge in [0.2, 0.25) is 15.9 Å². The molecule has 0 heterocycles. The van der Waals surface area contributed by atoms with Crippen LogP contribution in [0.4, 0.5) is 0 Å². The van der Waals surface area contributed by atoms with Crippen LogP contribution in [0.3, 0.4) is 0 Å². The minimum absolute atomic E-state index is 0.0367.